The first-order chi connectivity index (χ1) is 12.3. The number of para-hydroxylation sites is 1. The van der Waals surface area contributed by atoms with E-state index in [0.717, 1.165) is 17.8 Å². The smallest absolute Gasteiger partial charge is 0.406 e. The predicted octanol–water partition coefficient (Wildman–Crippen LogP) is 3.01. The molecule has 0 saturated heterocycles. The molecule has 0 aliphatic heterocycles. The van der Waals surface area contributed by atoms with Crippen molar-refractivity contribution >= 4 is 34.6 Å². The fourth-order valence-corrected chi connectivity index (χ4v) is 1.98. The largest absolute Gasteiger partial charge is 0.573 e. The van der Waals surface area contributed by atoms with Gasteiger partial charge in [-0.3, -0.25) is 15.6 Å². The Bertz CT molecular complexity index is 739. The zero-order valence-electron chi connectivity index (χ0n) is 13.3. The highest BCUT2D eigenvalue weighted by atomic mass is 32.1. The van der Waals surface area contributed by atoms with E-state index in [1.807, 2.05) is 30.3 Å². The molecular weight excluding hydrogens is 369 g/mol. The zero-order chi connectivity index (χ0) is 19.0. The minimum atomic E-state index is -4.75. The molecule has 0 fully saturated rings. The van der Waals surface area contributed by atoms with Crippen LogP contribution in [0.25, 0.3) is 0 Å². The molecule has 0 heterocycles. The highest BCUT2D eigenvalue weighted by Crippen LogP contribution is 2.23. The van der Waals surface area contributed by atoms with E-state index in [-0.39, 0.29) is 23.3 Å². The van der Waals surface area contributed by atoms with E-state index >= 15 is 0 Å². The predicted molar refractivity (Wildman–Crippen MR) is 95.6 cm³/mol. The maximum Gasteiger partial charge on any atom is 0.573 e. The summed E-state index contributed by atoms with van der Waals surface area (Å²) < 4.78 is 40.0. The first-order valence-electron chi connectivity index (χ1n) is 7.32. The van der Waals surface area contributed by atoms with Crippen molar-refractivity contribution in [3.63, 3.8) is 0 Å². The lowest BCUT2D eigenvalue weighted by molar-refractivity contribution is -0.274. The monoisotopic (exact) mass is 384 g/mol. The third-order valence-corrected chi connectivity index (χ3v) is 3.09. The van der Waals surface area contributed by atoms with E-state index in [0.29, 0.717) is 5.69 Å². The van der Waals surface area contributed by atoms with Gasteiger partial charge in [0.05, 0.1) is 6.54 Å². The van der Waals surface area contributed by atoms with E-state index < -0.39 is 6.36 Å². The summed E-state index contributed by atoms with van der Waals surface area (Å²) in [6.07, 6.45) is -4.75. The van der Waals surface area contributed by atoms with Crippen LogP contribution in [0.3, 0.4) is 0 Å². The van der Waals surface area contributed by atoms with Gasteiger partial charge in [0.1, 0.15) is 5.75 Å². The number of alkyl halides is 3. The lowest BCUT2D eigenvalue weighted by Crippen LogP contribution is -2.45. The third kappa shape index (κ3) is 7.26. The maximum atomic E-state index is 12.1. The summed E-state index contributed by atoms with van der Waals surface area (Å²) >= 11 is 4.98. The molecule has 0 saturated carbocycles. The number of anilines is 2. The van der Waals surface area contributed by atoms with Gasteiger partial charge in [0, 0.05) is 11.4 Å². The molecule has 4 N–H and O–H groups in total. The van der Waals surface area contributed by atoms with Crippen LogP contribution in [0.5, 0.6) is 5.75 Å². The summed E-state index contributed by atoms with van der Waals surface area (Å²) in [5, 5.41) is 5.70. The molecule has 2 aromatic rings. The molecule has 0 atom stereocenters. The number of hydrogen-bond acceptors (Lipinski definition) is 4. The Morgan fingerprint density at radius 1 is 0.962 bits per heavy atom. The van der Waals surface area contributed by atoms with Crippen LogP contribution in [0.2, 0.25) is 0 Å². The number of carbonyl (C=O) groups excluding carboxylic acids is 1. The maximum absolute atomic E-state index is 12.1. The standard InChI is InChI=1S/C16H15F3N4O2S/c17-16(18,19)25-13-8-6-12(7-9-13)21-15(26)23-22-14(24)10-20-11-4-2-1-3-5-11/h1-9,20H,10H2,(H,22,24)(H2,21,23,26). The number of thiocarbonyl (C=S) groups is 1. The van der Waals surface area contributed by atoms with Crippen molar-refractivity contribution in [2.75, 3.05) is 17.2 Å². The summed E-state index contributed by atoms with van der Waals surface area (Å²) in [4.78, 5) is 11.7. The molecule has 26 heavy (non-hydrogen) atoms. The fourth-order valence-electron chi connectivity index (χ4n) is 1.81. The number of hydrazine groups is 1. The zero-order valence-corrected chi connectivity index (χ0v) is 14.1. The fraction of sp³-hybridized carbons (Fsp3) is 0.125. The van der Waals surface area contributed by atoms with E-state index in [1.54, 1.807) is 0 Å². The number of nitrogens with one attached hydrogen (secondary N) is 4. The van der Waals surface area contributed by atoms with Crippen LogP contribution in [0.1, 0.15) is 0 Å². The Kier molecular flexibility index (Phi) is 6.61. The number of benzene rings is 2. The number of amides is 1. The topological polar surface area (TPSA) is 74.4 Å². The first-order valence-corrected chi connectivity index (χ1v) is 7.73. The molecule has 0 aliphatic carbocycles. The lowest BCUT2D eigenvalue weighted by atomic mass is 10.3. The Morgan fingerprint density at radius 2 is 1.62 bits per heavy atom. The van der Waals surface area contributed by atoms with Gasteiger partial charge in [-0.1, -0.05) is 18.2 Å². The van der Waals surface area contributed by atoms with Crippen LogP contribution < -0.4 is 26.2 Å². The molecule has 138 valence electrons. The van der Waals surface area contributed by atoms with Crippen molar-refractivity contribution in [2.45, 2.75) is 6.36 Å². The average molecular weight is 384 g/mol. The van der Waals surface area contributed by atoms with Gasteiger partial charge < -0.3 is 15.4 Å². The van der Waals surface area contributed by atoms with Crippen molar-refractivity contribution in [1.29, 1.82) is 0 Å². The van der Waals surface area contributed by atoms with Gasteiger partial charge in [-0.15, -0.1) is 13.2 Å². The van der Waals surface area contributed by atoms with Crippen LogP contribution in [0.4, 0.5) is 24.5 Å². The van der Waals surface area contributed by atoms with Crippen LogP contribution in [-0.2, 0) is 4.79 Å². The van der Waals surface area contributed by atoms with Crippen molar-refractivity contribution in [2.24, 2.45) is 0 Å². The molecule has 0 radical (unpaired) electrons. The number of halogens is 3. The normalized spacial score (nSPS) is 10.6. The second-order valence-corrected chi connectivity index (χ2v) is 5.33. The van der Waals surface area contributed by atoms with Crippen molar-refractivity contribution in [1.82, 2.24) is 10.9 Å². The molecule has 0 unspecified atom stereocenters. The quantitative estimate of drug-likeness (QED) is 0.469. The van der Waals surface area contributed by atoms with E-state index in [2.05, 4.69) is 26.2 Å². The number of rotatable bonds is 5. The number of hydrogen-bond donors (Lipinski definition) is 4. The Labute approximate surface area is 152 Å². The number of ether oxygens (including phenoxy) is 1. The van der Waals surface area contributed by atoms with Gasteiger partial charge >= 0.3 is 6.36 Å². The van der Waals surface area contributed by atoms with Gasteiger partial charge in [-0.25, -0.2) is 0 Å². The Morgan fingerprint density at radius 3 is 2.23 bits per heavy atom. The molecule has 0 bridgehead atoms. The molecule has 2 rings (SSSR count). The van der Waals surface area contributed by atoms with Crippen LogP contribution in [0.15, 0.2) is 54.6 Å². The average Bonchev–Trinajstić information content (AvgIpc) is 2.59. The van der Waals surface area contributed by atoms with Crippen LogP contribution in [-0.4, -0.2) is 23.9 Å². The summed E-state index contributed by atoms with van der Waals surface area (Å²) in [5.74, 6) is -0.700. The minimum absolute atomic E-state index is 0.0309. The highest BCUT2D eigenvalue weighted by molar-refractivity contribution is 7.80. The molecule has 0 aromatic heterocycles. The molecule has 2 aromatic carbocycles. The Balaban J connectivity index is 1.72. The minimum Gasteiger partial charge on any atom is -0.406 e. The molecule has 6 nitrogen and oxygen atoms in total. The SMILES string of the molecule is O=C(CNc1ccccc1)NNC(=S)Nc1ccc(OC(F)(F)F)cc1. The summed E-state index contributed by atoms with van der Waals surface area (Å²) in [7, 11) is 0. The van der Waals surface area contributed by atoms with E-state index in [1.165, 1.54) is 12.1 Å². The van der Waals surface area contributed by atoms with Gasteiger partial charge in [0.25, 0.3) is 5.91 Å². The van der Waals surface area contributed by atoms with Crippen LogP contribution in [0, 0.1) is 0 Å². The van der Waals surface area contributed by atoms with Gasteiger partial charge in [-0.05, 0) is 48.6 Å². The highest BCUT2D eigenvalue weighted by Gasteiger charge is 2.30. The summed E-state index contributed by atoms with van der Waals surface area (Å²) in [5.41, 5.74) is 6.10. The molecule has 0 spiro atoms. The van der Waals surface area contributed by atoms with Crippen LogP contribution >= 0.6 is 12.2 Å². The second-order valence-electron chi connectivity index (χ2n) is 4.92. The van der Waals surface area contributed by atoms with Crippen molar-refractivity contribution in [3.8, 4) is 5.75 Å². The third-order valence-electron chi connectivity index (χ3n) is 2.89. The lowest BCUT2D eigenvalue weighted by Gasteiger charge is -2.13. The number of carbonyl (C=O) groups is 1. The molecule has 0 aliphatic rings. The van der Waals surface area contributed by atoms with Gasteiger partial charge in [0.2, 0.25) is 0 Å². The van der Waals surface area contributed by atoms with Crippen molar-refractivity contribution < 1.29 is 22.7 Å². The second kappa shape index (κ2) is 8.90. The molecular formula is C16H15F3N4O2S. The molecule has 1 amide bonds. The molecule has 10 heteroatoms. The van der Waals surface area contributed by atoms with Gasteiger partial charge in [-0.2, -0.15) is 0 Å². The van der Waals surface area contributed by atoms with Crippen molar-refractivity contribution in [3.05, 3.63) is 54.6 Å². The van der Waals surface area contributed by atoms with E-state index in [4.69, 9.17) is 12.2 Å². The Hall–Kier alpha value is -3.01. The first kappa shape index (κ1) is 19.3. The summed E-state index contributed by atoms with van der Waals surface area (Å²) in [6, 6.07) is 14.2. The van der Waals surface area contributed by atoms with Gasteiger partial charge in [0.15, 0.2) is 5.11 Å². The summed E-state index contributed by atoms with van der Waals surface area (Å²) in [6.45, 7) is 0.0309. The van der Waals surface area contributed by atoms with E-state index in [9.17, 15) is 18.0 Å².